The topological polar surface area (TPSA) is 53.5 Å². The van der Waals surface area contributed by atoms with Crippen LogP contribution in [0.5, 0.6) is 0 Å². The van der Waals surface area contributed by atoms with E-state index in [1.54, 1.807) is 19.1 Å². The van der Waals surface area contributed by atoms with E-state index in [-0.39, 0.29) is 23.5 Å². The molecule has 2 heterocycles. The number of aryl methyl sites for hydroxylation is 1. The second-order valence-electron chi connectivity index (χ2n) is 6.16. The molecule has 0 N–H and O–H groups in total. The highest BCUT2D eigenvalue weighted by Gasteiger charge is 2.28. The van der Waals surface area contributed by atoms with Gasteiger partial charge in [-0.3, -0.25) is 14.5 Å². The third kappa shape index (κ3) is 3.54. The number of fused-ring (bicyclic) bond motifs is 1. The van der Waals surface area contributed by atoms with Crippen LogP contribution < -0.4 is 4.90 Å². The van der Waals surface area contributed by atoms with Crippen molar-refractivity contribution < 1.29 is 14.0 Å². The molecule has 2 aromatic carbocycles. The van der Waals surface area contributed by atoms with Gasteiger partial charge in [0.15, 0.2) is 5.13 Å². The molecule has 2 amide bonds. The van der Waals surface area contributed by atoms with E-state index in [1.165, 1.54) is 39.0 Å². The van der Waals surface area contributed by atoms with Gasteiger partial charge in [0.2, 0.25) is 0 Å². The number of thiazole rings is 1. The monoisotopic (exact) mass is 401 g/mol. The van der Waals surface area contributed by atoms with E-state index in [1.807, 2.05) is 24.3 Å². The minimum Gasteiger partial charge on any atom is -0.323 e. The van der Waals surface area contributed by atoms with Crippen LogP contribution in [0.2, 0.25) is 0 Å². The Balaban J connectivity index is 1.75. The summed E-state index contributed by atoms with van der Waals surface area (Å²) in [5.41, 5.74) is 1.68. The first-order valence-electron chi connectivity index (χ1n) is 8.39. The molecule has 3 aromatic rings. The number of carbonyl (C=O) groups is 2. The number of carbonyl (C=O) groups excluding carboxylic acids is 2. The van der Waals surface area contributed by atoms with E-state index >= 15 is 0 Å². The molecule has 0 unspecified atom stereocenters. The number of hydrogen-bond donors (Lipinski definition) is 0. The summed E-state index contributed by atoms with van der Waals surface area (Å²) in [6.07, 6.45) is 0. The number of halogens is 1. The molecular formula is C19H16FN3O2S2. The quantitative estimate of drug-likeness (QED) is 0.642. The Labute approximate surface area is 163 Å². The number of anilines is 2. The van der Waals surface area contributed by atoms with Crippen molar-refractivity contribution in [3.8, 4) is 0 Å². The number of rotatable bonds is 4. The predicted molar refractivity (Wildman–Crippen MR) is 107 cm³/mol. The van der Waals surface area contributed by atoms with Crippen LogP contribution in [0.15, 0.2) is 42.5 Å². The number of aromatic nitrogens is 1. The third-order valence-corrected chi connectivity index (χ3v) is 6.22. The lowest BCUT2D eigenvalue weighted by Crippen LogP contribution is -2.38. The molecule has 8 heteroatoms. The Hall–Kier alpha value is -2.45. The molecule has 0 atom stereocenters. The Kier molecular flexibility index (Phi) is 4.84. The van der Waals surface area contributed by atoms with E-state index in [9.17, 15) is 14.0 Å². The summed E-state index contributed by atoms with van der Waals surface area (Å²) < 4.78 is 15.1. The number of hydrogen-bond acceptors (Lipinski definition) is 5. The van der Waals surface area contributed by atoms with Crippen LogP contribution in [0.25, 0.3) is 10.2 Å². The van der Waals surface area contributed by atoms with Gasteiger partial charge in [0.05, 0.1) is 15.9 Å². The smallest absolute Gasteiger partial charge is 0.282 e. The lowest BCUT2D eigenvalue weighted by molar-refractivity contribution is -0.118. The molecule has 0 aliphatic carbocycles. The summed E-state index contributed by atoms with van der Waals surface area (Å²) in [4.78, 5) is 32.4. The number of nitrogens with zero attached hydrogens (tertiary/aromatic N) is 3. The van der Waals surface area contributed by atoms with Crippen LogP contribution in [-0.4, -0.2) is 39.9 Å². The van der Waals surface area contributed by atoms with Gasteiger partial charge in [0.1, 0.15) is 12.4 Å². The molecular weight excluding hydrogens is 385 g/mol. The maximum Gasteiger partial charge on any atom is 0.282 e. The second kappa shape index (κ2) is 7.28. The van der Waals surface area contributed by atoms with Crippen molar-refractivity contribution in [2.45, 2.75) is 6.92 Å². The van der Waals surface area contributed by atoms with Gasteiger partial charge in [-0.2, -0.15) is 0 Å². The summed E-state index contributed by atoms with van der Waals surface area (Å²) >= 11 is 2.56. The van der Waals surface area contributed by atoms with Crippen LogP contribution in [0, 0.1) is 12.7 Å². The van der Waals surface area contributed by atoms with Crippen LogP contribution in [0.4, 0.5) is 20.0 Å². The molecule has 1 aliphatic rings. The Morgan fingerprint density at radius 2 is 2.11 bits per heavy atom. The van der Waals surface area contributed by atoms with Crippen molar-refractivity contribution >= 4 is 55.3 Å². The van der Waals surface area contributed by atoms with E-state index in [0.717, 1.165) is 10.2 Å². The fraction of sp³-hybridized carbons (Fsp3) is 0.211. The van der Waals surface area contributed by atoms with E-state index < -0.39 is 0 Å². The molecule has 4 rings (SSSR count). The van der Waals surface area contributed by atoms with Gasteiger partial charge in [-0.05, 0) is 36.8 Å². The fourth-order valence-electron chi connectivity index (χ4n) is 2.84. The first-order valence-corrected chi connectivity index (χ1v) is 10.2. The highest BCUT2D eigenvalue weighted by molar-refractivity contribution is 8.13. The number of amides is 2. The summed E-state index contributed by atoms with van der Waals surface area (Å²) in [7, 11) is 0. The zero-order chi connectivity index (χ0) is 19.0. The van der Waals surface area contributed by atoms with Crippen LogP contribution in [-0.2, 0) is 4.79 Å². The van der Waals surface area contributed by atoms with Gasteiger partial charge in [0.25, 0.3) is 11.1 Å². The lowest BCUT2D eigenvalue weighted by Gasteiger charge is -2.23. The number of thioether (sulfide) groups is 1. The summed E-state index contributed by atoms with van der Waals surface area (Å²) in [6, 6.07) is 12.2. The van der Waals surface area contributed by atoms with Gasteiger partial charge in [0, 0.05) is 12.3 Å². The molecule has 0 radical (unpaired) electrons. The van der Waals surface area contributed by atoms with E-state index in [4.69, 9.17) is 0 Å². The van der Waals surface area contributed by atoms with Gasteiger partial charge >= 0.3 is 0 Å². The average molecular weight is 401 g/mol. The van der Waals surface area contributed by atoms with Gasteiger partial charge in [-0.15, -0.1) is 0 Å². The summed E-state index contributed by atoms with van der Waals surface area (Å²) in [6.45, 7) is 2.14. The molecule has 1 aliphatic heterocycles. The third-order valence-electron chi connectivity index (χ3n) is 4.31. The molecule has 1 aromatic heterocycles. The Morgan fingerprint density at radius 1 is 1.30 bits per heavy atom. The number of benzene rings is 2. The fourth-order valence-corrected chi connectivity index (χ4v) is 4.67. The lowest BCUT2D eigenvalue weighted by atomic mass is 10.2. The summed E-state index contributed by atoms with van der Waals surface area (Å²) in [5, 5.41) is 0.353. The standard InChI is InChI=1S/C19H16FN3O2S2/c1-12-6-7-13(10-14(12)20)23(17(24)11-22-8-9-26-19(22)25)18-21-15-4-2-3-5-16(15)27-18/h2-7,10H,8-9,11H2,1H3. The van der Waals surface area contributed by atoms with Crippen molar-refractivity contribution in [2.24, 2.45) is 0 Å². The minimum atomic E-state index is -0.390. The molecule has 1 fully saturated rings. The highest BCUT2D eigenvalue weighted by atomic mass is 32.2. The molecule has 5 nitrogen and oxygen atoms in total. The molecule has 27 heavy (non-hydrogen) atoms. The molecule has 138 valence electrons. The zero-order valence-corrected chi connectivity index (χ0v) is 16.1. The highest BCUT2D eigenvalue weighted by Crippen LogP contribution is 2.34. The van der Waals surface area contributed by atoms with Gasteiger partial charge in [-0.1, -0.05) is 41.3 Å². The predicted octanol–water partition coefficient (Wildman–Crippen LogP) is 4.58. The second-order valence-corrected chi connectivity index (χ2v) is 8.22. The number of para-hydroxylation sites is 1. The van der Waals surface area contributed by atoms with Crippen molar-refractivity contribution in [3.05, 3.63) is 53.8 Å². The first kappa shape index (κ1) is 17.9. The molecule has 1 saturated heterocycles. The molecule has 0 bridgehead atoms. The first-order chi connectivity index (χ1) is 13.0. The van der Waals surface area contributed by atoms with E-state index in [0.29, 0.717) is 28.7 Å². The van der Waals surface area contributed by atoms with Crippen molar-refractivity contribution in [2.75, 3.05) is 23.7 Å². The SMILES string of the molecule is Cc1ccc(N(C(=O)CN2CCSC2=O)c2nc3ccccc3s2)cc1F. The Bertz CT molecular complexity index is 1000. The van der Waals surface area contributed by atoms with Crippen molar-refractivity contribution in [1.29, 1.82) is 0 Å². The Morgan fingerprint density at radius 3 is 2.81 bits per heavy atom. The van der Waals surface area contributed by atoms with Crippen LogP contribution in [0.1, 0.15) is 5.56 Å². The van der Waals surface area contributed by atoms with Crippen LogP contribution in [0.3, 0.4) is 0 Å². The van der Waals surface area contributed by atoms with Crippen LogP contribution >= 0.6 is 23.1 Å². The zero-order valence-electron chi connectivity index (χ0n) is 14.5. The molecule has 0 spiro atoms. The minimum absolute atomic E-state index is 0.0583. The van der Waals surface area contributed by atoms with E-state index in [2.05, 4.69) is 4.98 Å². The molecule has 0 saturated carbocycles. The maximum atomic E-state index is 14.2. The van der Waals surface area contributed by atoms with Crippen molar-refractivity contribution in [1.82, 2.24) is 9.88 Å². The summed E-state index contributed by atoms with van der Waals surface area (Å²) in [5.74, 6) is -0.0285. The average Bonchev–Trinajstić information content (AvgIpc) is 3.24. The van der Waals surface area contributed by atoms with Gasteiger partial charge < -0.3 is 4.90 Å². The van der Waals surface area contributed by atoms with Crippen molar-refractivity contribution in [3.63, 3.8) is 0 Å². The largest absolute Gasteiger partial charge is 0.323 e. The maximum absolute atomic E-state index is 14.2. The normalized spacial score (nSPS) is 14.1. The van der Waals surface area contributed by atoms with Gasteiger partial charge in [-0.25, -0.2) is 9.37 Å².